The van der Waals surface area contributed by atoms with E-state index in [0.717, 1.165) is 42.6 Å². The van der Waals surface area contributed by atoms with E-state index < -0.39 is 0 Å². The van der Waals surface area contributed by atoms with Crippen LogP contribution in [0.15, 0.2) is 35.1 Å². The highest BCUT2D eigenvalue weighted by molar-refractivity contribution is 9.10. The quantitative estimate of drug-likeness (QED) is 0.794. The van der Waals surface area contributed by atoms with Crippen molar-refractivity contribution in [1.82, 2.24) is 20.1 Å². The minimum atomic E-state index is 0.385. The topological polar surface area (TPSA) is 42.7 Å². The highest BCUT2D eigenvalue weighted by Crippen LogP contribution is 2.13. The summed E-state index contributed by atoms with van der Waals surface area (Å²) in [5.74, 6) is 1.07. The van der Waals surface area contributed by atoms with E-state index in [4.69, 9.17) is 0 Å². The fourth-order valence-corrected chi connectivity index (χ4v) is 2.74. The third-order valence-electron chi connectivity index (χ3n) is 3.45. The van der Waals surface area contributed by atoms with Crippen LogP contribution in [0.4, 0.5) is 0 Å². The molecule has 114 valence electrons. The van der Waals surface area contributed by atoms with Crippen molar-refractivity contribution in [2.24, 2.45) is 0 Å². The molecule has 21 heavy (non-hydrogen) atoms. The first-order valence-corrected chi connectivity index (χ1v) is 8.36. The summed E-state index contributed by atoms with van der Waals surface area (Å²) in [5, 5.41) is 7.87. The molecule has 5 heteroatoms. The van der Waals surface area contributed by atoms with Crippen molar-refractivity contribution in [3.63, 3.8) is 0 Å². The molecular weight excluding hydrogens is 328 g/mol. The Labute approximate surface area is 135 Å². The van der Waals surface area contributed by atoms with E-state index in [0.29, 0.717) is 6.04 Å². The highest BCUT2D eigenvalue weighted by Gasteiger charge is 2.13. The molecular formula is C16H23BrN4. The number of hydrogen-bond acceptors (Lipinski definition) is 3. The average molecular weight is 351 g/mol. The lowest BCUT2D eigenvalue weighted by Crippen LogP contribution is -2.34. The van der Waals surface area contributed by atoms with E-state index in [1.165, 1.54) is 5.56 Å². The van der Waals surface area contributed by atoms with Crippen molar-refractivity contribution in [1.29, 1.82) is 0 Å². The summed E-state index contributed by atoms with van der Waals surface area (Å²) in [4.78, 5) is 4.42. The van der Waals surface area contributed by atoms with Gasteiger partial charge in [0.05, 0.1) is 0 Å². The van der Waals surface area contributed by atoms with Crippen LogP contribution < -0.4 is 5.32 Å². The molecule has 0 saturated heterocycles. The molecule has 0 bridgehead atoms. The Morgan fingerprint density at radius 2 is 1.95 bits per heavy atom. The minimum Gasteiger partial charge on any atom is -0.313 e. The first-order chi connectivity index (χ1) is 10.2. The van der Waals surface area contributed by atoms with Gasteiger partial charge < -0.3 is 5.32 Å². The summed E-state index contributed by atoms with van der Waals surface area (Å²) in [7, 11) is 0. The van der Waals surface area contributed by atoms with Crippen molar-refractivity contribution in [3.8, 4) is 0 Å². The van der Waals surface area contributed by atoms with Gasteiger partial charge in [-0.1, -0.05) is 41.9 Å². The number of likely N-dealkylation sites (N-methyl/N-ethyl adjacent to an activating group) is 1. The molecule has 1 atom stereocenters. The standard InChI is InChI=1S/C16H23BrN4/c1-3-9-21-16(19-12-20-21)11-15(18-4-2)10-13-5-7-14(17)8-6-13/h5-8,12,15,18H,3-4,9-11H2,1-2H3. The number of halogens is 1. The Morgan fingerprint density at radius 3 is 2.62 bits per heavy atom. The van der Waals surface area contributed by atoms with Crippen molar-refractivity contribution in [2.45, 2.75) is 45.7 Å². The maximum absolute atomic E-state index is 4.42. The average Bonchev–Trinajstić information content (AvgIpc) is 2.89. The van der Waals surface area contributed by atoms with Gasteiger partial charge in [-0.15, -0.1) is 0 Å². The molecule has 0 aliphatic rings. The zero-order valence-corrected chi connectivity index (χ0v) is 14.3. The molecule has 0 fully saturated rings. The van der Waals surface area contributed by atoms with Crippen LogP contribution in [0.2, 0.25) is 0 Å². The van der Waals surface area contributed by atoms with Crippen molar-refractivity contribution in [2.75, 3.05) is 6.54 Å². The molecule has 0 amide bonds. The SMILES string of the molecule is CCCn1ncnc1CC(Cc1ccc(Br)cc1)NCC. The van der Waals surface area contributed by atoms with E-state index in [9.17, 15) is 0 Å². The van der Waals surface area contributed by atoms with Gasteiger partial charge in [0.25, 0.3) is 0 Å². The van der Waals surface area contributed by atoms with Crippen molar-refractivity contribution < 1.29 is 0 Å². The van der Waals surface area contributed by atoms with E-state index in [-0.39, 0.29) is 0 Å². The molecule has 1 aromatic carbocycles. The Hall–Kier alpha value is -1.20. The van der Waals surface area contributed by atoms with Crippen LogP contribution in [0.5, 0.6) is 0 Å². The molecule has 1 N–H and O–H groups in total. The number of rotatable bonds is 8. The maximum atomic E-state index is 4.42. The highest BCUT2D eigenvalue weighted by atomic mass is 79.9. The number of benzene rings is 1. The number of aromatic nitrogens is 3. The van der Waals surface area contributed by atoms with Crippen molar-refractivity contribution in [3.05, 3.63) is 46.5 Å². The Balaban J connectivity index is 2.04. The largest absolute Gasteiger partial charge is 0.313 e. The second kappa shape index (κ2) is 8.29. The Kier molecular flexibility index (Phi) is 6.39. The lowest BCUT2D eigenvalue weighted by molar-refractivity contribution is 0.482. The first-order valence-electron chi connectivity index (χ1n) is 7.57. The van der Waals surface area contributed by atoms with Crippen LogP contribution in [0, 0.1) is 0 Å². The lowest BCUT2D eigenvalue weighted by Gasteiger charge is -2.18. The third-order valence-corrected chi connectivity index (χ3v) is 3.98. The normalized spacial score (nSPS) is 12.5. The molecule has 2 rings (SSSR count). The number of nitrogens with zero attached hydrogens (tertiary/aromatic N) is 3. The van der Waals surface area contributed by atoms with Crippen LogP contribution in [0.3, 0.4) is 0 Å². The third kappa shape index (κ3) is 4.93. The molecule has 0 radical (unpaired) electrons. The van der Waals surface area contributed by atoms with Crippen LogP contribution >= 0.6 is 15.9 Å². The van der Waals surface area contributed by atoms with Gasteiger partial charge in [0.2, 0.25) is 0 Å². The van der Waals surface area contributed by atoms with E-state index in [2.05, 4.69) is 69.4 Å². The molecule has 0 aliphatic carbocycles. The Bertz CT molecular complexity index is 535. The second-order valence-electron chi connectivity index (χ2n) is 5.19. The van der Waals surface area contributed by atoms with Gasteiger partial charge in [0.1, 0.15) is 12.2 Å². The van der Waals surface area contributed by atoms with Gasteiger partial charge >= 0.3 is 0 Å². The van der Waals surface area contributed by atoms with Crippen molar-refractivity contribution >= 4 is 15.9 Å². The molecule has 1 aromatic heterocycles. The molecule has 1 heterocycles. The zero-order chi connectivity index (χ0) is 15.1. The summed E-state index contributed by atoms with van der Waals surface area (Å²) in [6.07, 6.45) is 4.65. The van der Waals surface area contributed by atoms with E-state index in [1.807, 2.05) is 4.68 Å². The first kappa shape index (κ1) is 16.2. The predicted octanol–water partition coefficient (Wildman–Crippen LogP) is 3.21. The molecule has 2 aromatic rings. The van der Waals surface area contributed by atoms with Gasteiger partial charge in [0, 0.05) is 23.5 Å². The fraction of sp³-hybridized carbons (Fsp3) is 0.500. The smallest absolute Gasteiger partial charge is 0.138 e. The van der Waals surface area contributed by atoms with E-state index in [1.54, 1.807) is 6.33 Å². The van der Waals surface area contributed by atoms with Gasteiger partial charge in [-0.3, -0.25) is 4.68 Å². The molecule has 0 spiro atoms. The number of aryl methyl sites for hydroxylation is 1. The predicted molar refractivity (Wildman–Crippen MR) is 89.3 cm³/mol. The monoisotopic (exact) mass is 350 g/mol. The molecule has 0 saturated carbocycles. The van der Waals surface area contributed by atoms with Crippen LogP contribution in [0.25, 0.3) is 0 Å². The summed E-state index contributed by atoms with van der Waals surface area (Å²) < 4.78 is 3.14. The number of hydrogen-bond donors (Lipinski definition) is 1. The van der Waals surface area contributed by atoms with Crippen LogP contribution in [-0.4, -0.2) is 27.4 Å². The second-order valence-corrected chi connectivity index (χ2v) is 6.10. The van der Waals surface area contributed by atoms with Gasteiger partial charge in [0.15, 0.2) is 0 Å². The maximum Gasteiger partial charge on any atom is 0.138 e. The fourth-order valence-electron chi connectivity index (χ4n) is 2.48. The summed E-state index contributed by atoms with van der Waals surface area (Å²) in [6.45, 7) is 6.20. The van der Waals surface area contributed by atoms with Crippen LogP contribution in [-0.2, 0) is 19.4 Å². The Morgan fingerprint density at radius 1 is 1.19 bits per heavy atom. The van der Waals surface area contributed by atoms with Gasteiger partial charge in [-0.2, -0.15) is 5.10 Å². The van der Waals surface area contributed by atoms with Gasteiger partial charge in [-0.05, 0) is 37.1 Å². The van der Waals surface area contributed by atoms with E-state index >= 15 is 0 Å². The van der Waals surface area contributed by atoms with Crippen LogP contribution in [0.1, 0.15) is 31.7 Å². The molecule has 4 nitrogen and oxygen atoms in total. The zero-order valence-electron chi connectivity index (χ0n) is 12.7. The summed E-state index contributed by atoms with van der Waals surface area (Å²) in [6, 6.07) is 8.92. The minimum absolute atomic E-state index is 0.385. The number of nitrogens with one attached hydrogen (secondary N) is 1. The molecule has 1 unspecified atom stereocenters. The summed E-state index contributed by atoms with van der Waals surface area (Å²) >= 11 is 3.48. The molecule has 0 aliphatic heterocycles. The van der Waals surface area contributed by atoms with Gasteiger partial charge in [-0.25, -0.2) is 4.98 Å². The lowest BCUT2D eigenvalue weighted by atomic mass is 10.0. The summed E-state index contributed by atoms with van der Waals surface area (Å²) in [5.41, 5.74) is 1.34.